The van der Waals surface area contributed by atoms with Crippen molar-refractivity contribution in [2.45, 2.75) is 12.5 Å². The third-order valence-corrected chi connectivity index (χ3v) is 3.69. The van der Waals surface area contributed by atoms with E-state index in [4.69, 9.17) is 0 Å². The number of β-amino-alcohol motifs (C(OH)–C–C–N with tert-alkyl or cyclic N) is 1. The fourth-order valence-corrected chi connectivity index (χ4v) is 2.54. The highest BCUT2D eigenvalue weighted by molar-refractivity contribution is 5.94. The molecule has 0 spiro atoms. The SMILES string of the molecule is O=C(c1ccc(-c2ccccc2)cc1)N1CC[C@@H](O)C1. The van der Waals surface area contributed by atoms with Gasteiger partial charge in [-0.2, -0.15) is 0 Å². The summed E-state index contributed by atoms with van der Waals surface area (Å²) in [5.74, 6) is 0.00108. The molecule has 0 radical (unpaired) electrons. The van der Waals surface area contributed by atoms with Crippen molar-refractivity contribution in [3.63, 3.8) is 0 Å². The van der Waals surface area contributed by atoms with Gasteiger partial charge >= 0.3 is 0 Å². The summed E-state index contributed by atoms with van der Waals surface area (Å²) in [6.07, 6.45) is 0.302. The molecule has 1 saturated heterocycles. The number of aliphatic hydroxyl groups is 1. The van der Waals surface area contributed by atoms with Crippen LogP contribution in [0.4, 0.5) is 0 Å². The van der Waals surface area contributed by atoms with Crippen LogP contribution in [0.3, 0.4) is 0 Å². The number of rotatable bonds is 2. The summed E-state index contributed by atoms with van der Waals surface area (Å²) in [6, 6.07) is 17.7. The second-order valence-electron chi connectivity index (χ2n) is 5.14. The molecule has 0 aromatic heterocycles. The molecule has 1 aliphatic rings. The maximum absolute atomic E-state index is 12.3. The maximum atomic E-state index is 12.3. The molecule has 0 bridgehead atoms. The van der Waals surface area contributed by atoms with Crippen molar-refractivity contribution in [1.82, 2.24) is 4.90 Å². The van der Waals surface area contributed by atoms with Crippen LogP contribution in [0.1, 0.15) is 16.8 Å². The number of carbonyl (C=O) groups excluding carboxylic acids is 1. The van der Waals surface area contributed by atoms with Gasteiger partial charge in [-0.1, -0.05) is 42.5 Å². The standard InChI is InChI=1S/C17H17NO2/c19-16-10-11-18(12-16)17(20)15-8-6-14(7-9-15)13-4-2-1-3-5-13/h1-9,16,19H,10-12H2/t16-/m1/s1. The van der Waals surface area contributed by atoms with Crippen molar-refractivity contribution in [3.8, 4) is 11.1 Å². The largest absolute Gasteiger partial charge is 0.391 e. The minimum atomic E-state index is -0.373. The summed E-state index contributed by atoms with van der Waals surface area (Å²) in [5, 5.41) is 9.49. The van der Waals surface area contributed by atoms with Crippen LogP contribution in [-0.2, 0) is 0 Å². The van der Waals surface area contributed by atoms with E-state index in [0.717, 1.165) is 11.1 Å². The number of hydrogen-bond donors (Lipinski definition) is 1. The third-order valence-electron chi connectivity index (χ3n) is 3.69. The summed E-state index contributed by atoms with van der Waals surface area (Å²) < 4.78 is 0. The topological polar surface area (TPSA) is 40.5 Å². The van der Waals surface area contributed by atoms with Gasteiger partial charge in [0.25, 0.3) is 5.91 Å². The highest BCUT2D eigenvalue weighted by atomic mass is 16.3. The second-order valence-corrected chi connectivity index (χ2v) is 5.14. The summed E-state index contributed by atoms with van der Waals surface area (Å²) >= 11 is 0. The Labute approximate surface area is 118 Å². The molecule has 3 rings (SSSR count). The van der Waals surface area contributed by atoms with Gasteiger partial charge in [-0.3, -0.25) is 4.79 Å². The van der Waals surface area contributed by atoms with Crippen LogP contribution in [0.25, 0.3) is 11.1 Å². The molecule has 1 amide bonds. The van der Waals surface area contributed by atoms with Gasteiger partial charge in [0.2, 0.25) is 0 Å². The number of benzene rings is 2. The van der Waals surface area contributed by atoms with Gasteiger partial charge < -0.3 is 10.0 Å². The Kier molecular flexibility index (Phi) is 3.52. The normalized spacial score (nSPS) is 18.2. The number of carbonyl (C=O) groups is 1. The van der Waals surface area contributed by atoms with Gasteiger partial charge in [0.05, 0.1) is 6.10 Å². The first-order valence-corrected chi connectivity index (χ1v) is 6.87. The molecule has 2 aromatic rings. The summed E-state index contributed by atoms with van der Waals surface area (Å²) in [6.45, 7) is 1.08. The molecule has 1 N–H and O–H groups in total. The van der Waals surface area contributed by atoms with Crippen molar-refractivity contribution >= 4 is 5.91 Å². The van der Waals surface area contributed by atoms with E-state index in [1.54, 1.807) is 4.90 Å². The molecule has 20 heavy (non-hydrogen) atoms. The molecule has 0 unspecified atom stereocenters. The number of hydrogen-bond acceptors (Lipinski definition) is 2. The van der Waals surface area contributed by atoms with E-state index in [-0.39, 0.29) is 12.0 Å². The van der Waals surface area contributed by atoms with E-state index in [0.29, 0.717) is 25.1 Å². The minimum Gasteiger partial charge on any atom is -0.391 e. The molecule has 3 heteroatoms. The smallest absolute Gasteiger partial charge is 0.253 e. The predicted octanol–water partition coefficient (Wildman–Crippen LogP) is 2.56. The van der Waals surface area contributed by atoms with Crippen LogP contribution < -0.4 is 0 Å². The highest BCUT2D eigenvalue weighted by Gasteiger charge is 2.25. The van der Waals surface area contributed by atoms with Crippen LogP contribution in [0, 0.1) is 0 Å². The Hall–Kier alpha value is -2.13. The van der Waals surface area contributed by atoms with Crippen molar-refractivity contribution in [2.75, 3.05) is 13.1 Å². The summed E-state index contributed by atoms with van der Waals surface area (Å²) in [7, 11) is 0. The molecule has 1 atom stereocenters. The van der Waals surface area contributed by atoms with Gasteiger partial charge in [0, 0.05) is 18.7 Å². The summed E-state index contributed by atoms with van der Waals surface area (Å²) in [4.78, 5) is 14.0. The van der Waals surface area contributed by atoms with Gasteiger partial charge in [-0.25, -0.2) is 0 Å². The average Bonchev–Trinajstić information content (AvgIpc) is 2.94. The predicted molar refractivity (Wildman–Crippen MR) is 78.4 cm³/mol. The van der Waals surface area contributed by atoms with Crippen LogP contribution in [-0.4, -0.2) is 35.1 Å². The lowest BCUT2D eigenvalue weighted by atomic mass is 10.0. The van der Waals surface area contributed by atoms with E-state index >= 15 is 0 Å². The van der Waals surface area contributed by atoms with Gasteiger partial charge in [-0.05, 0) is 29.7 Å². The molecule has 0 aliphatic carbocycles. The summed E-state index contributed by atoms with van der Waals surface area (Å²) in [5.41, 5.74) is 2.92. The van der Waals surface area contributed by atoms with E-state index in [1.807, 2.05) is 54.6 Å². The molecule has 3 nitrogen and oxygen atoms in total. The lowest BCUT2D eigenvalue weighted by Gasteiger charge is -2.15. The zero-order chi connectivity index (χ0) is 13.9. The van der Waals surface area contributed by atoms with Crippen LogP contribution >= 0.6 is 0 Å². The first kappa shape index (κ1) is 12.9. The average molecular weight is 267 g/mol. The van der Waals surface area contributed by atoms with Crippen LogP contribution in [0.15, 0.2) is 54.6 Å². The zero-order valence-electron chi connectivity index (χ0n) is 11.2. The third kappa shape index (κ3) is 2.58. The van der Waals surface area contributed by atoms with Crippen LogP contribution in [0.5, 0.6) is 0 Å². The van der Waals surface area contributed by atoms with Crippen LogP contribution in [0.2, 0.25) is 0 Å². The molecule has 102 valence electrons. The molecule has 1 fully saturated rings. The minimum absolute atomic E-state index is 0.00108. The molecule has 2 aromatic carbocycles. The molecule has 1 aliphatic heterocycles. The number of amides is 1. The Bertz CT molecular complexity index is 592. The van der Waals surface area contributed by atoms with Gasteiger partial charge in [-0.15, -0.1) is 0 Å². The first-order chi connectivity index (χ1) is 9.74. The molecule has 0 saturated carbocycles. The Morgan fingerprint density at radius 2 is 1.65 bits per heavy atom. The van der Waals surface area contributed by atoms with Crippen molar-refractivity contribution in [1.29, 1.82) is 0 Å². The van der Waals surface area contributed by atoms with E-state index < -0.39 is 0 Å². The van der Waals surface area contributed by atoms with Crippen molar-refractivity contribution < 1.29 is 9.90 Å². The monoisotopic (exact) mass is 267 g/mol. The van der Waals surface area contributed by atoms with E-state index in [1.165, 1.54) is 0 Å². The lowest BCUT2D eigenvalue weighted by molar-refractivity contribution is 0.0765. The quantitative estimate of drug-likeness (QED) is 0.908. The second kappa shape index (κ2) is 5.47. The fraction of sp³-hybridized carbons (Fsp3) is 0.235. The molecule has 1 heterocycles. The van der Waals surface area contributed by atoms with E-state index in [2.05, 4.69) is 0 Å². The number of nitrogens with zero attached hydrogens (tertiary/aromatic N) is 1. The number of aliphatic hydroxyl groups excluding tert-OH is 1. The van der Waals surface area contributed by atoms with Gasteiger partial charge in [0.15, 0.2) is 0 Å². The highest BCUT2D eigenvalue weighted by Crippen LogP contribution is 2.20. The molecular formula is C17H17NO2. The lowest BCUT2D eigenvalue weighted by Crippen LogP contribution is -2.29. The Morgan fingerprint density at radius 1 is 1.00 bits per heavy atom. The van der Waals surface area contributed by atoms with Crippen molar-refractivity contribution in [2.24, 2.45) is 0 Å². The molecular weight excluding hydrogens is 250 g/mol. The van der Waals surface area contributed by atoms with E-state index in [9.17, 15) is 9.90 Å². The van der Waals surface area contributed by atoms with Crippen molar-refractivity contribution in [3.05, 3.63) is 60.2 Å². The Balaban J connectivity index is 1.78. The van der Waals surface area contributed by atoms with Gasteiger partial charge in [0.1, 0.15) is 0 Å². The number of likely N-dealkylation sites (tertiary alicyclic amines) is 1. The zero-order valence-corrected chi connectivity index (χ0v) is 11.2. The Morgan fingerprint density at radius 3 is 2.25 bits per heavy atom. The fourth-order valence-electron chi connectivity index (χ4n) is 2.54. The maximum Gasteiger partial charge on any atom is 0.253 e. The first-order valence-electron chi connectivity index (χ1n) is 6.87.